The molecule has 0 atom stereocenters. The number of aromatic nitrogens is 2. The summed E-state index contributed by atoms with van der Waals surface area (Å²) in [5, 5.41) is 10.2. The lowest BCUT2D eigenvalue weighted by Crippen LogP contribution is -2.05. The number of para-hydroxylation sites is 1. The van der Waals surface area contributed by atoms with E-state index in [0.29, 0.717) is 6.54 Å². The largest absolute Gasteiger partial charge is 0.462 e. The van der Waals surface area contributed by atoms with Gasteiger partial charge in [-0.1, -0.05) is 18.2 Å². The van der Waals surface area contributed by atoms with Gasteiger partial charge in [0.05, 0.1) is 6.61 Å². The first kappa shape index (κ1) is 16.5. The highest BCUT2D eigenvalue weighted by molar-refractivity contribution is 6.01. The van der Waals surface area contributed by atoms with Crippen molar-refractivity contribution in [2.24, 2.45) is 0 Å². The molecule has 0 fully saturated rings. The lowest BCUT2D eigenvalue weighted by molar-refractivity contribution is -0.137. The number of carbonyl (C=O) groups is 1. The normalized spacial score (nSPS) is 11.3. The Labute approximate surface area is 145 Å². The SMILES string of the molecule is CCOC(=O)/C(C#N)=C/c1cn(Cc2ccncc2)c2ccccc12. The van der Waals surface area contributed by atoms with Crippen molar-refractivity contribution in [3.63, 3.8) is 0 Å². The number of benzene rings is 1. The molecule has 3 aromatic rings. The molecule has 0 amide bonds. The highest BCUT2D eigenvalue weighted by Gasteiger charge is 2.13. The fourth-order valence-corrected chi connectivity index (χ4v) is 2.71. The quantitative estimate of drug-likeness (QED) is 0.407. The van der Waals surface area contributed by atoms with E-state index in [4.69, 9.17) is 4.74 Å². The summed E-state index contributed by atoms with van der Waals surface area (Å²) in [6.07, 6.45) is 7.05. The van der Waals surface area contributed by atoms with Gasteiger partial charge in [-0.2, -0.15) is 5.26 Å². The number of esters is 1. The number of carbonyl (C=O) groups excluding carboxylic acids is 1. The second kappa shape index (κ2) is 7.45. The molecule has 2 aromatic heterocycles. The van der Waals surface area contributed by atoms with Crippen molar-refractivity contribution in [3.8, 4) is 6.07 Å². The van der Waals surface area contributed by atoms with Gasteiger partial charge in [0.2, 0.25) is 0 Å². The molecule has 0 aliphatic carbocycles. The third kappa shape index (κ3) is 3.59. The van der Waals surface area contributed by atoms with Crippen molar-refractivity contribution in [1.82, 2.24) is 9.55 Å². The Hall–Kier alpha value is -3.39. The van der Waals surface area contributed by atoms with E-state index >= 15 is 0 Å². The van der Waals surface area contributed by atoms with Crippen LogP contribution in [0.25, 0.3) is 17.0 Å². The summed E-state index contributed by atoms with van der Waals surface area (Å²) >= 11 is 0. The molecule has 5 nitrogen and oxygen atoms in total. The summed E-state index contributed by atoms with van der Waals surface area (Å²) < 4.78 is 7.03. The van der Waals surface area contributed by atoms with Crippen LogP contribution >= 0.6 is 0 Å². The van der Waals surface area contributed by atoms with Gasteiger partial charge in [0.25, 0.3) is 0 Å². The minimum absolute atomic E-state index is 0.00587. The minimum atomic E-state index is -0.601. The van der Waals surface area contributed by atoms with Crippen LogP contribution in [-0.2, 0) is 16.1 Å². The molecule has 1 aromatic carbocycles. The van der Waals surface area contributed by atoms with Crippen LogP contribution in [0.4, 0.5) is 0 Å². The Morgan fingerprint density at radius 1 is 1.28 bits per heavy atom. The molecule has 3 rings (SSSR count). The van der Waals surface area contributed by atoms with Crippen LogP contribution in [0.3, 0.4) is 0 Å². The maximum Gasteiger partial charge on any atom is 0.348 e. The van der Waals surface area contributed by atoms with E-state index < -0.39 is 5.97 Å². The first-order valence-electron chi connectivity index (χ1n) is 7.98. The molecule has 5 heteroatoms. The van der Waals surface area contributed by atoms with Crippen molar-refractivity contribution in [3.05, 3.63) is 71.7 Å². The number of fused-ring (bicyclic) bond motifs is 1. The Bertz CT molecular complexity index is 966. The third-order valence-corrected chi connectivity index (χ3v) is 3.84. The molecule has 0 bridgehead atoms. The number of hydrogen-bond acceptors (Lipinski definition) is 4. The summed E-state index contributed by atoms with van der Waals surface area (Å²) in [6.45, 7) is 2.63. The number of ether oxygens (including phenoxy) is 1. The second-order valence-corrected chi connectivity index (χ2v) is 5.48. The molecule has 0 saturated heterocycles. The zero-order valence-corrected chi connectivity index (χ0v) is 13.8. The number of rotatable bonds is 5. The van der Waals surface area contributed by atoms with E-state index in [-0.39, 0.29) is 12.2 Å². The first-order chi connectivity index (χ1) is 12.2. The second-order valence-electron chi connectivity index (χ2n) is 5.48. The zero-order chi connectivity index (χ0) is 17.6. The lowest BCUT2D eigenvalue weighted by atomic mass is 10.1. The Kier molecular flexibility index (Phi) is 4.91. The van der Waals surface area contributed by atoms with E-state index in [2.05, 4.69) is 9.55 Å². The molecule has 0 aliphatic heterocycles. The Morgan fingerprint density at radius 3 is 2.76 bits per heavy atom. The number of nitrogens with zero attached hydrogens (tertiary/aromatic N) is 3. The monoisotopic (exact) mass is 331 g/mol. The van der Waals surface area contributed by atoms with Gasteiger partial charge in [0.1, 0.15) is 11.6 Å². The van der Waals surface area contributed by atoms with Gasteiger partial charge in [-0.3, -0.25) is 4.98 Å². The molecule has 124 valence electrons. The molecule has 0 N–H and O–H groups in total. The van der Waals surface area contributed by atoms with E-state index in [0.717, 1.165) is 22.0 Å². The third-order valence-electron chi connectivity index (χ3n) is 3.84. The van der Waals surface area contributed by atoms with Crippen LogP contribution in [0, 0.1) is 11.3 Å². The molecule has 0 spiro atoms. The molecule has 2 heterocycles. The van der Waals surface area contributed by atoms with Crippen molar-refractivity contribution in [1.29, 1.82) is 5.26 Å². The summed E-state index contributed by atoms with van der Waals surface area (Å²) in [5.74, 6) is -0.601. The van der Waals surface area contributed by atoms with Crippen molar-refractivity contribution >= 4 is 22.9 Å². The van der Waals surface area contributed by atoms with Gasteiger partial charge in [-0.05, 0) is 36.8 Å². The summed E-state index contributed by atoms with van der Waals surface area (Å²) in [6, 6.07) is 13.8. The number of pyridine rings is 1. The number of nitriles is 1. The van der Waals surface area contributed by atoms with Crippen LogP contribution in [0.15, 0.2) is 60.6 Å². The molecule has 25 heavy (non-hydrogen) atoms. The fraction of sp³-hybridized carbons (Fsp3) is 0.150. The van der Waals surface area contributed by atoms with E-state index in [9.17, 15) is 10.1 Å². The van der Waals surface area contributed by atoms with E-state index in [1.54, 1.807) is 25.4 Å². The van der Waals surface area contributed by atoms with Crippen molar-refractivity contribution in [2.75, 3.05) is 6.61 Å². The fourth-order valence-electron chi connectivity index (χ4n) is 2.71. The molecule has 0 unspecified atom stereocenters. The van der Waals surface area contributed by atoms with Crippen molar-refractivity contribution < 1.29 is 9.53 Å². The standard InChI is InChI=1S/C20H17N3O2/c1-2-25-20(24)16(12-21)11-17-14-23(13-15-7-9-22-10-8-15)19-6-4-3-5-18(17)19/h3-11,14H,2,13H2,1H3/b16-11+. The molecule has 0 radical (unpaired) electrons. The maximum absolute atomic E-state index is 11.9. The van der Waals surface area contributed by atoms with Gasteiger partial charge in [-0.15, -0.1) is 0 Å². The Balaban J connectivity index is 2.05. The molecular weight excluding hydrogens is 314 g/mol. The maximum atomic E-state index is 11.9. The van der Waals surface area contributed by atoms with E-state index in [1.165, 1.54) is 0 Å². The summed E-state index contributed by atoms with van der Waals surface area (Å²) in [4.78, 5) is 15.9. The predicted molar refractivity (Wildman–Crippen MR) is 95.5 cm³/mol. The smallest absolute Gasteiger partial charge is 0.348 e. The van der Waals surface area contributed by atoms with Crippen LogP contribution in [-0.4, -0.2) is 22.1 Å². The molecule has 0 saturated carbocycles. The average Bonchev–Trinajstić information content (AvgIpc) is 2.98. The highest BCUT2D eigenvalue weighted by Crippen LogP contribution is 2.24. The van der Waals surface area contributed by atoms with Crippen LogP contribution in [0.5, 0.6) is 0 Å². The van der Waals surface area contributed by atoms with Crippen molar-refractivity contribution in [2.45, 2.75) is 13.5 Å². The van der Waals surface area contributed by atoms with Gasteiger partial charge in [0.15, 0.2) is 0 Å². The van der Waals surface area contributed by atoms with Gasteiger partial charge in [-0.25, -0.2) is 4.79 Å². The van der Waals surface area contributed by atoms with Crippen LogP contribution in [0.1, 0.15) is 18.1 Å². The predicted octanol–water partition coefficient (Wildman–Crippen LogP) is 3.55. The zero-order valence-electron chi connectivity index (χ0n) is 13.8. The summed E-state index contributed by atoms with van der Waals surface area (Å²) in [5.41, 5.74) is 2.96. The molecular formula is C20H17N3O2. The van der Waals surface area contributed by atoms with Gasteiger partial charge in [0, 0.05) is 41.6 Å². The van der Waals surface area contributed by atoms with Crippen LogP contribution < -0.4 is 0 Å². The van der Waals surface area contributed by atoms with Crippen LogP contribution in [0.2, 0.25) is 0 Å². The Morgan fingerprint density at radius 2 is 2.04 bits per heavy atom. The average molecular weight is 331 g/mol. The number of hydrogen-bond donors (Lipinski definition) is 0. The van der Waals surface area contributed by atoms with Gasteiger partial charge < -0.3 is 9.30 Å². The molecule has 0 aliphatic rings. The minimum Gasteiger partial charge on any atom is -0.462 e. The topological polar surface area (TPSA) is 67.9 Å². The first-order valence-corrected chi connectivity index (χ1v) is 7.98. The highest BCUT2D eigenvalue weighted by atomic mass is 16.5. The lowest BCUT2D eigenvalue weighted by Gasteiger charge is -2.04. The van der Waals surface area contributed by atoms with Gasteiger partial charge >= 0.3 is 5.97 Å². The summed E-state index contributed by atoms with van der Waals surface area (Å²) in [7, 11) is 0. The van der Waals surface area contributed by atoms with E-state index in [1.807, 2.05) is 48.7 Å².